The van der Waals surface area contributed by atoms with E-state index in [2.05, 4.69) is 38.5 Å². The normalized spacial score (nSPS) is 14.1. The number of anilines is 1. The third kappa shape index (κ3) is 6.38. The van der Waals surface area contributed by atoms with Crippen LogP contribution in [-0.4, -0.2) is 23.0 Å². The van der Waals surface area contributed by atoms with Gasteiger partial charge in [0, 0.05) is 20.9 Å². The van der Waals surface area contributed by atoms with Crippen molar-refractivity contribution in [3.8, 4) is 0 Å². The number of benzene rings is 2. The van der Waals surface area contributed by atoms with Crippen LogP contribution in [0, 0.1) is 3.57 Å². The van der Waals surface area contributed by atoms with E-state index in [0.29, 0.717) is 21.8 Å². The third-order valence-corrected chi connectivity index (χ3v) is 5.93. The molecular formula is C21H21ClIN3O2S. The van der Waals surface area contributed by atoms with Crippen molar-refractivity contribution >= 4 is 69.0 Å². The second-order valence-corrected chi connectivity index (χ2v) is 8.98. The highest BCUT2D eigenvalue weighted by molar-refractivity contribution is 14.1. The zero-order valence-electron chi connectivity index (χ0n) is 15.6. The molecule has 0 unspecified atom stereocenters. The van der Waals surface area contributed by atoms with Gasteiger partial charge in [0.05, 0.1) is 10.6 Å². The maximum atomic E-state index is 12.6. The number of hydrogen-bond acceptors (Lipinski definition) is 3. The molecule has 0 aliphatic heterocycles. The summed E-state index contributed by atoms with van der Waals surface area (Å²) in [5, 5.41) is 9.17. The molecule has 0 spiro atoms. The Hall–Kier alpha value is -1.71. The predicted octanol–water partition coefficient (Wildman–Crippen LogP) is 5.13. The van der Waals surface area contributed by atoms with Gasteiger partial charge in [-0.05, 0) is 84.0 Å². The minimum Gasteiger partial charge on any atom is -0.349 e. The van der Waals surface area contributed by atoms with Gasteiger partial charge in [0.2, 0.25) is 0 Å². The first-order chi connectivity index (χ1) is 13.9. The summed E-state index contributed by atoms with van der Waals surface area (Å²) in [6, 6.07) is 12.4. The highest BCUT2D eigenvalue weighted by Gasteiger charge is 2.19. The van der Waals surface area contributed by atoms with Gasteiger partial charge in [0.1, 0.15) is 0 Å². The topological polar surface area (TPSA) is 70.2 Å². The minimum atomic E-state index is -0.301. The number of halogens is 2. The van der Waals surface area contributed by atoms with Crippen molar-refractivity contribution in [3.05, 3.63) is 62.2 Å². The average molecular weight is 542 g/mol. The molecule has 0 atom stereocenters. The summed E-state index contributed by atoms with van der Waals surface area (Å²) < 4.78 is 0.959. The van der Waals surface area contributed by atoms with Crippen molar-refractivity contribution in [2.24, 2.45) is 0 Å². The second kappa shape index (κ2) is 10.4. The molecule has 8 heteroatoms. The summed E-state index contributed by atoms with van der Waals surface area (Å²) in [6.45, 7) is 0. The molecule has 0 aromatic heterocycles. The standard InChI is InChI=1S/C21H21ClIN3O2S/c22-18-10-9-16(12-17(18)20(28)24-15-7-2-1-3-8-15)25-21(29)26-19(27)13-5-4-6-14(23)11-13/h4-6,9-12,15H,1-3,7-8H2,(H,24,28)(H2,25,26,27,29). The molecule has 1 fully saturated rings. The van der Waals surface area contributed by atoms with Crippen LogP contribution in [-0.2, 0) is 0 Å². The molecular weight excluding hydrogens is 521 g/mol. The lowest BCUT2D eigenvalue weighted by atomic mass is 9.95. The summed E-state index contributed by atoms with van der Waals surface area (Å²) in [4.78, 5) is 25.0. The summed E-state index contributed by atoms with van der Waals surface area (Å²) in [5.41, 5.74) is 1.48. The lowest BCUT2D eigenvalue weighted by Crippen LogP contribution is -2.36. The van der Waals surface area contributed by atoms with Crippen molar-refractivity contribution in [1.29, 1.82) is 0 Å². The molecule has 0 radical (unpaired) electrons. The quantitative estimate of drug-likeness (QED) is 0.371. The van der Waals surface area contributed by atoms with Gasteiger partial charge in [-0.25, -0.2) is 0 Å². The van der Waals surface area contributed by atoms with Crippen LogP contribution in [0.15, 0.2) is 42.5 Å². The number of thiocarbonyl (C=S) groups is 1. The summed E-state index contributed by atoms with van der Waals surface area (Å²) in [7, 11) is 0. The van der Waals surface area contributed by atoms with E-state index in [-0.39, 0.29) is 23.0 Å². The molecule has 0 saturated heterocycles. The Morgan fingerprint density at radius 3 is 2.52 bits per heavy atom. The Morgan fingerprint density at radius 1 is 1.03 bits per heavy atom. The van der Waals surface area contributed by atoms with Gasteiger partial charge in [-0.15, -0.1) is 0 Å². The van der Waals surface area contributed by atoms with Crippen LogP contribution < -0.4 is 16.0 Å². The van der Waals surface area contributed by atoms with Gasteiger partial charge in [0.15, 0.2) is 5.11 Å². The highest BCUT2D eigenvalue weighted by atomic mass is 127. The van der Waals surface area contributed by atoms with E-state index in [1.54, 1.807) is 30.3 Å². The first kappa shape index (κ1) is 22.0. The summed E-state index contributed by atoms with van der Waals surface area (Å²) >= 11 is 13.6. The molecule has 1 aliphatic carbocycles. The number of carbonyl (C=O) groups excluding carboxylic acids is 2. The lowest BCUT2D eigenvalue weighted by Gasteiger charge is -2.23. The smallest absolute Gasteiger partial charge is 0.257 e. The lowest BCUT2D eigenvalue weighted by molar-refractivity contribution is 0.0926. The molecule has 152 valence electrons. The van der Waals surface area contributed by atoms with E-state index >= 15 is 0 Å². The molecule has 0 bridgehead atoms. The van der Waals surface area contributed by atoms with Crippen molar-refractivity contribution < 1.29 is 9.59 Å². The molecule has 5 nitrogen and oxygen atoms in total. The van der Waals surface area contributed by atoms with E-state index < -0.39 is 0 Å². The number of nitrogens with one attached hydrogen (secondary N) is 3. The fourth-order valence-corrected chi connectivity index (χ4v) is 4.21. The van der Waals surface area contributed by atoms with Crippen LogP contribution in [0.3, 0.4) is 0 Å². The van der Waals surface area contributed by atoms with Crippen LogP contribution in [0.5, 0.6) is 0 Å². The highest BCUT2D eigenvalue weighted by Crippen LogP contribution is 2.23. The van der Waals surface area contributed by atoms with Gasteiger partial charge in [-0.1, -0.05) is 36.9 Å². The number of rotatable bonds is 4. The molecule has 1 saturated carbocycles. The summed E-state index contributed by atoms with van der Waals surface area (Å²) in [5.74, 6) is -0.496. The molecule has 2 amide bonds. The Kier molecular flexibility index (Phi) is 7.85. The van der Waals surface area contributed by atoms with E-state index in [1.807, 2.05) is 12.1 Å². The molecule has 2 aromatic rings. The third-order valence-electron chi connectivity index (χ3n) is 4.72. The van der Waals surface area contributed by atoms with Gasteiger partial charge < -0.3 is 10.6 Å². The Labute approximate surface area is 194 Å². The van der Waals surface area contributed by atoms with Gasteiger partial charge in [0.25, 0.3) is 11.8 Å². The average Bonchev–Trinajstić information content (AvgIpc) is 2.70. The second-order valence-electron chi connectivity index (χ2n) is 6.92. The van der Waals surface area contributed by atoms with E-state index in [9.17, 15) is 9.59 Å². The maximum absolute atomic E-state index is 12.6. The maximum Gasteiger partial charge on any atom is 0.257 e. The molecule has 0 heterocycles. The zero-order chi connectivity index (χ0) is 20.8. The van der Waals surface area contributed by atoms with Gasteiger partial charge in [-0.3, -0.25) is 14.9 Å². The van der Waals surface area contributed by atoms with Crippen LogP contribution >= 0.6 is 46.4 Å². The number of hydrogen-bond donors (Lipinski definition) is 3. The minimum absolute atomic E-state index is 0.148. The van der Waals surface area contributed by atoms with Crippen LogP contribution in [0.1, 0.15) is 52.8 Å². The van der Waals surface area contributed by atoms with Crippen molar-refractivity contribution in [2.75, 3.05) is 5.32 Å². The largest absolute Gasteiger partial charge is 0.349 e. The SMILES string of the molecule is O=C(NC(=S)Nc1ccc(Cl)c(C(=O)NC2CCCCC2)c1)c1cccc(I)c1. The monoisotopic (exact) mass is 541 g/mol. The van der Waals surface area contributed by atoms with E-state index in [4.69, 9.17) is 23.8 Å². The zero-order valence-corrected chi connectivity index (χ0v) is 19.4. The van der Waals surface area contributed by atoms with Crippen LogP contribution in [0.25, 0.3) is 0 Å². The fourth-order valence-electron chi connectivity index (χ4n) is 3.25. The van der Waals surface area contributed by atoms with Crippen LogP contribution in [0.2, 0.25) is 5.02 Å². The molecule has 3 N–H and O–H groups in total. The van der Waals surface area contributed by atoms with E-state index in [0.717, 1.165) is 29.3 Å². The molecule has 1 aliphatic rings. The summed E-state index contributed by atoms with van der Waals surface area (Å²) in [6.07, 6.45) is 5.48. The van der Waals surface area contributed by atoms with Crippen LogP contribution in [0.4, 0.5) is 5.69 Å². The molecule has 29 heavy (non-hydrogen) atoms. The number of amides is 2. The first-order valence-electron chi connectivity index (χ1n) is 9.40. The van der Waals surface area contributed by atoms with Gasteiger partial charge >= 0.3 is 0 Å². The Morgan fingerprint density at radius 2 is 1.79 bits per heavy atom. The van der Waals surface area contributed by atoms with Gasteiger partial charge in [-0.2, -0.15) is 0 Å². The molecule has 3 rings (SSSR count). The molecule has 2 aromatic carbocycles. The van der Waals surface area contributed by atoms with Crippen molar-refractivity contribution in [3.63, 3.8) is 0 Å². The van der Waals surface area contributed by atoms with Crippen molar-refractivity contribution in [1.82, 2.24) is 10.6 Å². The van der Waals surface area contributed by atoms with Crippen molar-refractivity contribution in [2.45, 2.75) is 38.1 Å². The Bertz CT molecular complexity index is 932. The van der Waals surface area contributed by atoms with E-state index in [1.165, 1.54) is 6.42 Å². The predicted molar refractivity (Wildman–Crippen MR) is 129 cm³/mol. The Balaban J connectivity index is 1.63. The number of carbonyl (C=O) groups is 2. The fraction of sp³-hybridized carbons (Fsp3) is 0.286. The first-order valence-corrected chi connectivity index (χ1v) is 11.3.